The van der Waals surface area contributed by atoms with Crippen molar-refractivity contribution in [2.75, 3.05) is 37.5 Å². The first-order valence-corrected chi connectivity index (χ1v) is 10.3. The molecule has 0 saturated carbocycles. The number of nitrogens with one attached hydrogen (secondary N) is 3. The topological polar surface area (TPSA) is 102 Å². The maximum Gasteiger partial charge on any atom is 0.325 e. The summed E-state index contributed by atoms with van der Waals surface area (Å²) < 4.78 is 10.7. The van der Waals surface area contributed by atoms with Crippen LogP contribution in [-0.4, -0.2) is 43.8 Å². The second-order valence-corrected chi connectivity index (χ2v) is 7.81. The van der Waals surface area contributed by atoms with Gasteiger partial charge < -0.3 is 20.1 Å². The van der Waals surface area contributed by atoms with E-state index in [9.17, 15) is 9.59 Å². The van der Waals surface area contributed by atoms with Gasteiger partial charge in [-0.1, -0.05) is 19.9 Å². The molecule has 3 N–H and O–H groups in total. The molecule has 0 atom stereocenters. The number of aromatic nitrogens is 1. The van der Waals surface area contributed by atoms with Crippen molar-refractivity contribution in [2.45, 2.75) is 27.2 Å². The fraction of sp³-hybridized carbons (Fsp3) is 0.450. The number of urea groups is 1. The maximum absolute atomic E-state index is 12.4. The summed E-state index contributed by atoms with van der Waals surface area (Å²) in [6, 6.07) is 5.18. The number of carbonyl (C=O) groups excluding carboxylic acids is 2. The molecule has 0 aliphatic heterocycles. The van der Waals surface area contributed by atoms with Crippen LogP contribution in [0.1, 0.15) is 25.1 Å². The third-order valence-corrected chi connectivity index (χ3v) is 4.51. The molecule has 0 fully saturated rings. The molecule has 158 valence electrons. The Kier molecular flexibility index (Phi) is 8.88. The van der Waals surface area contributed by atoms with Crippen LogP contribution in [0.15, 0.2) is 23.6 Å². The van der Waals surface area contributed by atoms with Gasteiger partial charge in [0.15, 0.2) is 5.13 Å². The van der Waals surface area contributed by atoms with Crippen LogP contribution < -0.4 is 20.7 Å². The zero-order chi connectivity index (χ0) is 21.2. The predicted octanol–water partition coefficient (Wildman–Crippen LogP) is 3.44. The first-order valence-electron chi connectivity index (χ1n) is 9.39. The number of nitrogens with zero attached hydrogens (tertiary/aromatic N) is 1. The minimum absolute atomic E-state index is 0.144. The summed E-state index contributed by atoms with van der Waals surface area (Å²) in [7, 11) is 1.57. The Morgan fingerprint density at radius 3 is 2.76 bits per heavy atom. The summed E-state index contributed by atoms with van der Waals surface area (Å²) in [5.74, 6) is 0.856. The lowest BCUT2D eigenvalue weighted by Crippen LogP contribution is -2.28. The van der Waals surface area contributed by atoms with Gasteiger partial charge in [0.2, 0.25) is 5.91 Å². The monoisotopic (exact) mass is 420 g/mol. The van der Waals surface area contributed by atoms with Crippen molar-refractivity contribution in [3.05, 3.63) is 34.8 Å². The van der Waals surface area contributed by atoms with Gasteiger partial charge in [-0.3, -0.25) is 10.1 Å². The lowest BCUT2D eigenvalue weighted by molar-refractivity contribution is -0.120. The van der Waals surface area contributed by atoms with E-state index in [-0.39, 0.29) is 12.3 Å². The molecule has 0 aliphatic rings. The smallest absolute Gasteiger partial charge is 0.325 e. The summed E-state index contributed by atoms with van der Waals surface area (Å²) in [6.07, 6.45) is 0.147. The van der Waals surface area contributed by atoms with Crippen molar-refractivity contribution in [3.8, 4) is 5.75 Å². The van der Waals surface area contributed by atoms with Gasteiger partial charge in [-0.2, -0.15) is 0 Å². The van der Waals surface area contributed by atoms with Gasteiger partial charge >= 0.3 is 6.03 Å². The zero-order valence-corrected chi connectivity index (χ0v) is 18.0. The Balaban J connectivity index is 1.91. The number of anilines is 2. The van der Waals surface area contributed by atoms with Crippen LogP contribution in [-0.2, 0) is 16.0 Å². The molecule has 2 aromatic rings. The average molecular weight is 421 g/mol. The van der Waals surface area contributed by atoms with E-state index in [0.717, 1.165) is 5.56 Å². The fourth-order valence-electron chi connectivity index (χ4n) is 2.32. The van der Waals surface area contributed by atoms with Gasteiger partial charge in [0, 0.05) is 19.0 Å². The standard InChI is InChI=1S/C20H28N4O4S/c1-13(2)11-28-17-9-14(3)5-6-16(17)23-19(26)24-20-22-15(12-29-20)10-18(25)21-7-8-27-4/h5-6,9,12-13H,7-8,10-11H2,1-4H3,(H,21,25)(H2,22,23,24,26). The van der Waals surface area contributed by atoms with Gasteiger partial charge in [-0.15, -0.1) is 11.3 Å². The predicted molar refractivity (Wildman–Crippen MR) is 115 cm³/mol. The Hall–Kier alpha value is -2.65. The van der Waals surface area contributed by atoms with E-state index in [1.807, 2.05) is 25.1 Å². The molecule has 3 amide bonds. The highest BCUT2D eigenvalue weighted by atomic mass is 32.1. The molecule has 1 heterocycles. The second-order valence-electron chi connectivity index (χ2n) is 6.95. The third-order valence-electron chi connectivity index (χ3n) is 3.70. The SMILES string of the molecule is COCCNC(=O)Cc1csc(NC(=O)Nc2ccc(C)cc2OCC(C)C)n1. The first-order chi connectivity index (χ1) is 13.9. The molecule has 8 nitrogen and oxygen atoms in total. The minimum Gasteiger partial charge on any atom is -0.491 e. The van der Waals surface area contributed by atoms with Crippen LogP contribution in [0.25, 0.3) is 0 Å². The number of hydrogen-bond acceptors (Lipinski definition) is 6. The lowest BCUT2D eigenvalue weighted by atomic mass is 10.2. The van der Waals surface area contributed by atoms with Crippen molar-refractivity contribution >= 4 is 34.1 Å². The quantitative estimate of drug-likeness (QED) is 0.511. The van der Waals surface area contributed by atoms with Crippen LogP contribution in [0.5, 0.6) is 5.75 Å². The fourth-order valence-corrected chi connectivity index (χ4v) is 3.03. The Morgan fingerprint density at radius 2 is 2.03 bits per heavy atom. The molecule has 0 radical (unpaired) electrons. The molecule has 9 heteroatoms. The first kappa shape index (κ1) is 22.6. The Morgan fingerprint density at radius 1 is 1.24 bits per heavy atom. The molecule has 29 heavy (non-hydrogen) atoms. The number of methoxy groups -OCH3 is 1. The number of thiazole rings is 1. The summed E-state index contributed by atoms with van der Waals surface area (Å²) in [5.41, 5.74) is 2.22. The van der Waals surface area contributed by atoms with E-state index in [0.29, 0.717) is 47.9 Å². The molecule has 0 spiro atoms. The number of ether oxygens (including phenoxy) is 2. The van der Waals surface area contributed by atoms with Crippen molar-refractivity contribution in [3.63, 3.8) is 0 Å². The third kappa shape index (κ3) is 8.08. The van der Waals surface area contributed by atoms with Gasteiger partial charge in [0.25, 0.3) is 0 Å². The highest BCUT2D eigenvalue weighted by Gasteiger charge is 2.12. The number of carbonyl (C=O) groups is 2. The lowest BCUT2D eigenvalue weighted by Gasteiger charge is -2.14. The van der Waals surface area contributed by atoms with Gasteiger partial charge in [0.1, 0.15) is 5.75 Å². The molecule has 0 bridgehead atoms. The van der Waals surface area contributed by atoms with Gasteiger partial charge in [-0.25, -0.2) is 9.78 Å². The molecule has 0 unspecified atom stereocenters. The normalized spacial score (nSPS) is 10.7. The molecule has 2 rings (SSSR count). The summed E-state index contributed by atoms with van der Waals surface area (Å²) in [6.45, 7) is 7.56. The number of hydrogen-bond donors (Lipinski definition) is 3. The molecule has 0 saturated heterocycles. The highest BCUT2D eigenvalue weighted by molar-refractivity contribution is 7.14. The molecule has 1 aromatic heterocycles. The van der Waals surface area contributed by atoms with E-state index in [4.69, 9.17) is 9.47 Å². The zero-order valence-electron chi connectivity index (χ0n) is 17.2. The van der Waals surface area contributed by atoms with Crippen molar-refractivity contribution in [1.29, 1.82) is 0 Å². The number of benzene rings is 1. The molecular weight excluding hydrogens is 392 g/mol. The second kappa shape index (κ2) is 11.4. The molecule has 1 aromatic carbocycles. The molecular formula is C20H28N4O4S. The van der Waals surface area contributed by atoms with Crippen LogP contribution in [0, 0.1) is 12.8 Å². The van der Waals surface area contributed by atoms with E-state index >= 15 is 0 Å². The maximum atomic E-state index is 12.4. The molecule has 0 aliphatic carbocycles. The van der Waals surface area contributed by atoms with Crippen LogP contribution in [0.3, 0.4) is 0 Å². The summed E-state index contributed by atoms with van der Waals surface area (Å²) >= 11 is 1.26. The van der Waals surface area contributed by atoms with Crippen molar-refractivity contribution in [2.24, 2.45) is 5.92 Å². The van der Waals surface area contributed by atoms with E-state index in [1.54, 1.807) is 12.5 Å². The van der Waals surface area contributed by atoms with Crippen LogP contribution in [0.2, 0.25) is 0 Å². The highest BCUT2D eigenvalue weighted by Crippen LogP contribution is 2.26. The van der Waals surface area contributed by atoms with Gasteiger partial charge in [-0.05, 0) is 30.5 Å². The minimum atomic E-state index is -0.423. The van der Waals surface area contributed by atoms with E-state index in [1.165, 1.54) is 11.3 Å². The van der Waals surface area contributed by atoms with Crippen LogP contribution in [0.4, 0.5) is 15.6 Å². The van der Waals surface area contributed by atoms with Gasteiger partial charge in [0.05, 0.1) is 31.0 Å². The Labute approximate surface area is 175 Å². The van der Waals surface area contributed by atoms with Crippen LogP contribution >= 0.6 is 11.3 Å². The Bertz CT molecular complexity index is 823. The number of amides is 3. The van der Waals surface area contributed by atoms with Crippen molar-refractivity contribution < 1.29 is 19.1 Å². The summed E-state index contributed by atoms with van der Waals surface area (Å²) in [4.78, 5) is 28.5. The van der Waals surface area contributed by atoms with E-state index < -0.39 is 6.03 Å². The van der Waals surface area contributed by atoms with E-state index in [2.05, 4.69) is 34.8 Å². The largest absolute Gasteiger partial charge is 0.491 e. The average Bonchev–Trinajstić information content (AvgIpc) is 3.08. The number of aryl methyl sites for hydroxylation is 1. The number of rotatable bonds is 10. The summed E-state index contributed by atoms with van der Waals surface area (Å²) in [5, 5.41) is 10.4. The van der Waals surface area contributed by atoms with Crippen molar-refractivity contribution in [1.82, 2.24) is 10.3 Å².